The van der Waals surface area contributed by atoms with E-state index in [4.69, 9.17) is 0 Å². The molecule has 4 aromatic rings. The average Bonchev–Trinajstić information content (AvgIpc) is 2.85. The molecule has 0 saturated heterocycles. The molecule has 0 spiro atoms. The van der Waals surface area contributed by atoms with E-state index in [1.165, 1.54) is 5.56 Å². The fraction of sp³-hybridized carbons (Fsp3) is 0.103. The Bertz CT molecular complexity index is 1190. The van der Waals surface area contributed by atoms with Gasteiger partial charge in [-0.2, -0.15) is 0 Å². The van der Waals surface area contributed by atoms with E-state index in [0.29, 0.717) is 6.42 Å². The smallest absolute Gasteiger partial charge is 0.169 e. The number of nitrogens with one attached hydrogen (secondary N) is 1. The largest absolute Gasteiger partial charge is 0.359 e. The summed E-state index contributed by atoms with van der Waals surface area (Å²) in [5.41, 5.74) is 4.26. The molecule has 0 aliphatic heterocycles. The van der Waals surface area contributed by atoms with E-state index in [0.717, 1.165) is 32.9 Å². The first kappa shape index (κ1) is 21.9. The van der Waals surface area contributed by atoms with Gasteiger partial charge in [0, 0.05) is 33.7 Å². The molecule has 4 aromatic carbocycles. The Labute approximate surface area is 191 Å². The predicted molar refractivity (Wildman–Crippen MR) is 137 cm³/mol. The summed E-state index contributed by atoms with van der Waals surface area (Å²) >= 11 is 0. The summed E-state index contributed by atoms with van der Waals surface area (Å²) < 4.78 is 15.1. The fourth-order valence-corrected chi connectivity index (χ4v) is 6.97. The second-order valence-electron chi connectivity index (χ2n) is 8.01. The van der Waals surface area contributed by atoms with E-state index < -0.39 is 7.14 Å². The van der Waals surface area contributed by atoms with Crippen LogP contribution in [0.5, 0.6) is 0 Å². The quantitative estimate of drug-likeness (QED) is 0.319. The van der Waals surface area contributed by atoms with Gasteiger partial charge in [-0.1, -0.05) is 109 Å². The highest BCUT2D eigenvalue weighted by Gasteiger charge is 2.33. The van der Waals surface area contributed by atoms with Crippen molar-refractivity contribution >= 4 is 23.4 Å². The molecular formula is C29H28NOP. The molecule has 0 heterocycles. The highest BCUT2D eigenvalue weighted by atomic mass is 31.2. The van der Waals surface area contributed by atoms with Crippen LogP contribution in [0.3, 0.4) is 0 Å². The normalized spacial score (nSPS) is 12.2. The molecule has 2 nitrogen and oxygen atoms in total. The minimum Gasteiger partial charge on any atom is -0.359 e. The summed E-state index contributed by atoms with van der Waals surface area (Å²) in [6, 6.07) is 38.3. The number of rotatable bonds is 7. The zero-order valence-corrected chi connectivity index (χ0v) is 19.4. The van der Waals surface area contributed by atoms with Crippen molar-refractivity contribution < 1.29 is 4.57 Å². The molecule has 0 unspecified atom stereocenters. The highest BCUT2D eigenvalue weighted by Crippen LogP contribution is 2.54. The van der Waals surface area contributed by atoms with Crippen molar-refractivity contribution in [1.29, 1.82) is 0 Å². The molecule has 0 radical (unpaired) electrons. The van der Waals surface area contributed by atoms with Crippen LogP contribution in [-0.4, -0.2) is 0 Å². The number of hydrogen-bond donors (Lipinski definition) is 1. The van der Waals surface area contributed by atoms with Crippen molar-refractivity contribution in [2.24, 2.45) is 0 Å². The van der Waals surface area contributed by atoms with Gasteiger partial charge < -0.3 is 9.88 Å². The standard InChI is InChI=1S/C29H28NOP/c1-23-18-20-26(21-19-23)30-24(2)29(22-25-12-6-3-7-13-25)32(31,27-14-8-4-9-15-27)28-16-10-5-11-17-28/h3-21,30H,22H2,1-2H3/b29-24-. The Kier molecular flexibility index (Phi) is 6.73. The maximum atomic E-state index is 15.1. The van der Waals surface area contributed by atoms with Crippen LogP contribution in [0.2, 0.25) is 0 Å². The van der Waals surface area contributed by atoms with Crippen LogP contribution in [0.25, 0.3) is 0 Å². The van der Waals surface area contributed by atoms with Crippen molar-refractivity contribution in [2.75, 3.05) is 5.32 Å². The molecule has 3 heteroatoms. The summed E-state index contributed by atoms with van der Waals surface area (Å²) in [6.45, 7) is 4.11. The molecule has 0 atom stereocenters. The minimum atomic E-state index is -3.09. The molecule has 0 aliphatic carbocycles. The lowest BCUT2D eigenvalue weighted by molar-refractivity contribution is 0.589. The Morgan fingerprint density at radius 2 is 1.16 bits per heavy atom. The van der Waals surface area contributed by atoms with Crippen molar-refractivity contribution in [3.8, 4) is 0 Å². The van der Waals surface area contributed by atoms with E-state index in [9.17, 15) is 0 Å². The predicted octanol–water partition coefficient (Wildman–Crippen LogP) is 6.90. The minimum absolute atomic E-state index is 0.604. The van der Waals surface area contributed by atoms with Crippen LogP contribution in [0.4, 0.5) is 5.69 Å². The number of hydrogen-bond acceptors (Lipinski definition) is 2. The lowest BCUT2D eigenvalue weighted by Crippen LogP contribution is -2.20. The molecule has 1 N–H and O–H groups in total. The number of anilines is 1. The zero-order valence-electron chi connectivity index (χ0n) is 18.5. The summed E-state index contributed by atoms with van der Waals surface area (Å²) in [5, 5.41) is 6.16. The second kappa shape index (κ2) is 9.85. The van der Waals surface area contributed by atoms with Gasteiger partial charge in [0.25, 0.3) is 0 Å². The number of aryl methyl sites for hydroxylation is 1. The summed E-state index contributed by atoms with van der Waals surface area (Å²) in [6.07, 6.45) is 0.604. The topological polar surface area (TPSA) is 29.1 Å². The summed E-state index contributed by atoms with van der Waals surface area (Å²) in [5.74, 6) is 0. The Balaban J connectivity index is 1.91. The van der Waals surface area contributed by atoms with Crippen LogP contribution >= 0.6 is 7.14 Å². The Morgan fingerprint density at radius 1 is 0.688 bits per heavy atom. The van der Waals surface area contributed by atoms with Crippen molar-refractivity contribution in [3.05, 3.63) is 137 Å². The first-order chi connectivity index (χ1) is 15.6. The molecule has 0 fully saturated rings. The van der Waals surface area contributed by atoms with Gasteiger partial charge in [-0.15, -0.1) is 0 Å². The van der Waals surface area contributed by atoms with Crippen LogP contribution < -0.4 is 15.9 Å². The molecule has 4 rings (SSSR count). The van der Waals surface area contributed by atoms with E-state index in [-0.39, 0.29) is 0 Å². The summed E-state index contributed by atoms with van der Waals surface area (Å²) in [7, 11) is -3.09. The van der Waals surface area contributed by atoms with E-state index in [2.05, 4.69) is 48.6 Å². The van der Waals surface area contributed by atoms with Crippen molar-refractivity contribution in [3.63, 3.8) is 0 Å². The van der Waals surface area contributed by atoms with Gasteiger partial charge >= 0.3 is 0 Å². The second-order valence-corrected chi connectivity index (χ2v) is 10.8. The van der Waals surface area contributed by atoms with E-state index in [1.54, 1.807) is 0 Å². The van der Waals surface area contributed by atoms with Gasteiger partial charge in [-0.3, -0.25) is 0 Å². The van der Waals surface area contributed by atoms with E-state index in [1.807, 2.05) is 85.8 Å². The maximum absolute atomic E-state index is 15.1. The molecule has 160 valence electrons. The third-order valence-corrected chi connectivity index (χ3v) is 8.95. The lowest BCUT2D eigenvalue weighted by atomic mass is 10.1. The SMILES string of the molecule is C/C(Nc1ccc(C)cc1)=C(\Cc1ccccc1)P(=O)(c1ccccc1)c1ccccc1. The number of benzene rings is 4. The first-order valence-corrected chi connectivity index (χ1v) is 12.6. The van der Waals surface area contributed by atoms with Gasteiger partial charge in [0.15, 0.2) is 7.14 Å². The van der Waals surface area contributed by atoms with Gasteiger partial charge in [-0.05, 0) is 31.5 Å². The average molecular weight is 438 g/mol. The molecular weight excluding hydrogens is 409 g/mol. The van der Waals surface area contributed by atoms with Gasteiger partial charge in [0.1, 0.15) is 0 Å². The third kappa shape index (κ3) is 4.77. The van der Waals surface area contributed by atoms with Gasteiger partial charge in [0.2, 0.25) is 0 Å². The van der Waals surface area contributed by atoms with Gasteiger partial charge in [-0.25, -0.2) is 0 Å². The Hall–Kier alpha value is -3.35. The molecule has 0 bridgehead atoms. The monoisotopic (exact) mass is 437 g/mol. The zero-order chi connectivity index (χ0) is 22.4. The maximum Gasteiger partial charge on any atom is 0.169 e. The molecule has 32 heavy (non-hydrogen) atoms. The Morgan fingerprint density at radius 3 is 1.66 bits per heavy atom. The third-order valence-electron chi connectivity index (χ3n) is 5.65. The van der Waals surface area contributed by atoms with Crippen LogP contribution in [0.15, 0.2) is 126 Å². The van der Waals surface area contributed by atoms with Crippen molar-refractivity contribution in [2.45, 2.75) is 20.3 Å². The lowest BCUT2D eigenvalue weighted by Gasteiger charge is -2.26. The molecule has 0 saturated carbocycles. The number of allylic oxidation sites excluding steroid dienone is 2. The van der Waals surface area contributed by atoms with Crippen LogP contribution in [0, 0.1) is 6.92 Å². The molecule has 0 aliphatic rings. The van der Waals surface area contributed by atoms with Crippen LogP contribution in [-0.2, 0) is 11.0 Å². The van der Waals surface area contributed by atoms with E-state index >= 15 is 4.57 Å². The summed E-state index contributed by atoms with van der Waals surface area (Å²) in [4.78, 5) is 0. The van der Waals surface area contributed by atoms with Crippen LogP contribution in [0.1, 0.15) is 18.1 Å². The molecule has 0 amide bonds. The van der Waals surface area contributed by atoms with Gasteiger partial charge in [0.05, 0.1) is 0 Å². The highest BCUT2D eigenvalue weighted by molar-refractivity contribution is 7.82. The fourth-order valence-electron chi connectivity index (χ4n) is 3.93. The molecule has 0 aromatic heterocycles. The first-order valence-electron chi connectivity index (χ1n) is 10.9. The van der Waals surface area contributed by atoms with Crippen molar-refractivity contribution in [1.82, 2.24) is 0 Å².